The van der Waals surface area contributed by atoms with Crippen molar-refractivity contribution in [2.75, 3.05) is 0 Å². The van der Waals surface area contributed by atoms with Crippen LogP contribution in [0.25, 0.3) is 110 Å². The fourth-order valence-corrected chi connectivity index (χ4v) is 8.43. The zero-order valence-corrected chi connectivity index (χ0v) is 26.0. The Morgan fingerprint density at radius 3 is 1.29 bits per heavy atom. The molecule has 0 atom stereocenters. The molecule has 0 saturated heterocycles. The maximum atomic E-state index is 5.17. The fourth-order valence-electron chi connectivity index (χ4n) is 8.43. The number of nitrogens with zero attached hydrogens (tertiary/aromatic N) is 1. The second-order valence-corrected chi connectivity index (χ2v) is 13.1. The van der Waals surface area contributed by atoms with Crippen molar-refractivity contribution >= 4 is 32.4 Å². The highest BCUT2D eigenvalue weighted by molar-refractivity contribution is 6.20. The Morgan fingerprint density at radius 2 is 0.729 bits per heavy atom. The van der Waals surface area contributed by atoms with Crippen LogP contribution in [0.15, 0.2) is 164 Å². The molecule has 1 heteroatoms. The van der Waals surface area contributed by atoms with Crippen LogP contribution in [0.3, 0.4) is 0 Å². The van der Waals surface area contributed by atoms with Crippen LogP contribution in [0.1, 0.15) is 0 Å². The SMILES string of the molecule is c1ccc2c(c1)-c1cccc3c(-c4cc(-c5ccc6ccccc6n5)cc(-c5ccc6c7c(cccc57)-c5ccccc5-6)c4)ccc-2c13. The molecule has 9 aromatic rings. The van der Waals surface area contributed by atoms with Gasteiger partial charge >= 0.3 is 0 Å². The van der Waals surface area contributed by atoms with Crippen LogP contribution in [0, 0.1) is 0 Å². The van der Waals surface area contributed by atoms with E-state index in [-0.39, 0.29) is 0 Å². The Morgan fingerprint density at radius 1 is 0.292 bits per heavy atom. The minimum absolute atomic E-state index is 0.980. The average molecular weight is 606 g/mol. The van der Waals surface area contributed by atoms with Crippen LogP contribution in [0.2, 0.25) is 0 Å². The summed E-state index contributed by atoms with van der Waals surface area (Å²) in [5.74, 6) is 0. The van der Waals surface area contributed by atoms with Gasteiger partial charge in [0.15, 0.2) is 0 Å². The van der Waals surface area contributed by atoms with E-state index in [4.69, 9.17) is 4.98 Å². The number of rotatable bonds is 3. The van der Waals surface area contributed by atoms with Gasteiger partial charge in [-0.1, -0.05) is 133 Å². The van der Waals surface area contributed by atoms with Gasteiger partial charge in [-0.25, -0.2) is 4.98 Å². The number of benzene rings is 8. The zero-order chi connectivity index (χ0) is 31.3. The van der Waals surface area contributed by atoms with Crippen LogP contribution in [-0.4, -0.2) is 4.98 Å². The maximum absolute atomic E-state index is 5.17. The van der Waals surface area contributed by atoms with Crippen molar-refractivity contribution in [3.8, 4) is 78.0 Å². The summed E-state index contributed by atoms with van der Waals surface area (Å²) < 4.78 is 0. The standard InChI is InChI=1S/C47H27N/c1-6-18-44-28(9-1)19-24-45(48-44)31-26-29(32-20-22-42-36-12-4-2-10-34(36)40-16-7-14-38(32)46(40)42)25-30(27-31)33-21-23-43-37-13-5-3-11-35(37)41-17-8-15-39(33)47(41)43/h1-27H. The van der Waals surface area contributed by atoms with E-state index in [1.165, 1.54) is 88.3 Å². The van der Waals surface area contributed by atoms with E-state index < -0.39 is 0 Å². The zero-order valence-electron chi connectivity index (χ0n) is 26.0. The van der Waals surface area contributed by atoms with Gasteiger partial charge in [-0.05, 0) is 119 Å². The van der Waals surface area contributed by atoms with Crippen molar-refractivity contribution in [2.45, 2.75) is 0 Å². The Kier molecular flexibility index (Phi) is 5.17. The topological polar surface area (TPSA) is 12.9 Å². The largest absolute Gasteiger partial charge is 0.248 e. The molecular weight excluding hydrogens is 579 g/mol. The maximum Gasteiger partial charge on any atom is 0.0710 e. The Hall–Kier alpha value is -6.31. The summed E-state index contributed by atoms with van der Waals surface area (Å²) in [7, 11) is 0. The van der Waals surface area contributed by atoms with E-state index in [0.717, 1.165) is 22.2 Å². The molecule has 0 fully saturated rings. The first kappa shape index (κ1) is 25.8. The van der Waals surface area contributed by atoms with E-state index in [1.54, 1.807) is 0 Å². The molecule has 0 bridgehead atoms. The smallest absolute Gasteiger partial charge is 0.0710 e. The molecular formula is C47H27N. The summed E-state index contributed by atoms with van der Waals surface area (Å²) in [6.07, 6.45) is 0. The number of hydrogen-bond acceptors (Lipinski definition) is 1. The molecule has 0 unspecified atom stereocenters. The van der Waals surface area contributed by atoms with E-state index in [1.807, 2.05) is 0 Å². The van der Waals surface area contributed by atoms with Gasteiger partial charge in [0.05, 0.1) is 11.2 Å². The number of aromatic nitrogens is 1. The molecule has 8 aromatic carbocycles. The molecule has 0 amide bonds. The van der Waals surface area contributed by atoms with Crippen molar-refractivity contribution in [2.24, 2.45) is 0 Å². The Labute approximate surface area is 278 Å². The highest BCUT2D eigenvalue weighted by atomic mass is 14.7. The van der Waals surface area contributed by atoms with Gasteiger partial charge in [-0.15, -0.1) is 0 Å². The van der Waals surface area contributed by atoms with Crippen LogP contribution >= 0.6 is 0 Å². The summed E-state index contributed by atoms with van der Waals surface area (Å²) >= 11 is 0. The summed E-state index contributed by atoms with van der Waals surface area (Å²) in [6.45, 7) is 0. The third-order valence-electron chi connectivity index (χ3n) is 10.5. The van der Waals surface area contributed by atoms with Gasteiger partial charge in [-0.3, -0.25) is 0 Å². The highest BCUT2D eigenvalue weighted by Crippen LogP contribution is 2.51. The second-order valence-electron chi connectivity index (χ2n) is 13.1. The third-order valence-corrected chi connectivity index (χ3v) is 10.5. The number of para-hydroxylation sites is 1. The van der Waals surface area contributed by atoms with Gasteiger partial charge in [0.25, 0.3) is 0 Å². The van der Waals surface area contributed by atoms with Crippen molar-refractivity contribution < 1.29 is 0 Å². The summed E-state index contributed by atoms with van der Waals surface area (Å²) in [5.41, 5.74) is 18.5. The highest BCUT2D eigenvalue weighted by Gasteiger charge is 2.24. The summed E-state index contributed by atoms with van der Waals surface area (Å²) in [5, 5.41) is 6.40. The molecule has 48 heavy (non-hydrogen) atoms. The molecule has 0 aliphatic heterocycles. The number of fused-ring (bicyclic) bond motifs is 7. The van der Waals surface area contributed by atoms with Crippen molar-refractivity contribution in [3.05, 3.63) is 164 Å². The molecule has 0 radical (unpaired) electrons. The van der Waals surface area contributed by atoms with E-state index in [9.17, 15) is 0 Å². The van der Waals surface area contributed by atoms with Gasteiger partial charge < -0.3 is 0 Å². The molecule has 1 aromatic heterocycles. The van der Waals surface area contributed by atoms with Crippen LogP contribution < -0.4 is 0 Å². The predicted octanol–water partition coefficient (Wildman–Crippen LogP) is 12.8. The first-order valence-electron chi connectivity index (χ1n) is 16.6. The molecule has 220 valence electrons. The Balaban J connectivity index is 1.18. The normalized spacial score (nSPS) is 12.2. The summed E-state index contributed by atoms with van der Waals surface area (Å²) in [4.78, 5) is 5.17. The molecule has 2 aliphatic rings. The lowest BCUT2D eigenvalue weighted by Gasteiger charge is -2.16. The van der Waals surface area contributed by atoms with Crippen LogP contribution in [0.5, 0.6) is 0 Å². The third kappa shape index (κ3) is 3.53. The Bertz CT molecular complexity index is 2630. The van der Waals surface area contributed by atoms with Crippen molar-refractivity contribution in [1.29, 1.82) is 0 Å². The lowest BCUT2D eigenvalue weighted by molar-refractivity contribution is 1.40. The van der Waals surface area contributed by atoms with Gasteiger partial charge in [0.2, 0.25) is 0 Å². The minimum Gasteiger partial charge on any atom is -0.248 e. The van der Waals surface area contributed by atoms with E-state index >= 15 is 0 Å². The lowest BCUT2D eigenvalue weighted by Crippen LogP contribution is -1.91. The molecule has 1 heterocycles. The first-order chi connectivity index (χ1) is 23.8. The minimum atomic E-state index is 0.980. The lowest BCUT2D eigenvalue weighted by atomic mass is 9.88. The summed E-state index contributed by atoms with van der Waals surface area (Å²) in [6, 6.07) is 60.2. The number of hydrogen-bond donors (Lipinski definition) is 0. The molecule has 0 saturated carbocycles. The van der Waals surface area contributed by atoms with Crippen LogP contribution in [0.4, 0.5) is 0 Å². The monoisotopic (exact) mass is 605 g/mol. The predicted molar refractivity (Wildman–Crippen MR) is 202 cm³/mol. The quantitative estimate of drug-likeness (QED) is 0.195. The van der Waals surface area contributed by atoms with E-state index in [0.29, 0.717) is 0 Å². The second kappa shape index (κ2) is 9.61. The van der Waals surface area contributed by atoms with Crippen molar-refractivity contribution in [1.82, 2.24) is 4.98 Å². The van der Waals surface area contributed by atoms with Crippen LogP contribution in [-0.2, 0) is 0 Å². The van der Waals surface area contributed by atoms with Crippen molar-refractivity contribution in [3.63, 3.8) is 0 Å². The van der Waals surface area contributed by atoms with Gasteiger partial charge in [0.1, 0.15) is 0 Å². The molecule has 1 nitrogen and oxygen atoms in total. The molecule has 11 rings (SSSR count). The molecule has 0 N–H and O–H groups in total. The van der Waals surface area contributed by atoms with Gasteiger partial charge in [-0.2, -0.15) is 0 Å². The molecule has 2 aliphatic carbocycles. The molecule has 0 spiro atoms. The van der Waals surface area contributed by atoms with Gasteiger partial charge in [0, 0.05) is 10.9 Å². The van der Waals surface area contributed by atoms with E-state index in [2.05, 4.69) is 164 Å². The number of pyridine rings is 1. The average Bonchev–Trinajstić information content (AvgIpc) is 3.66. The fraction of sp³-hybridized carbons (Fsp3) is 0. The first-order valence-corrected chi connectivity index (χ1v) is 16.6.